The van der Waals surface area contributed by atoms with Crippen molar-refractivity contribution in [3.8, 4) is 0 Å². The van der Waals surface area contributed by atoms with Crippen LogP contribution in [0.15, 0.2) is 125 Å². The van der Waals surface area contributed by atoms with Gasteiger partial charge in [0.1, 0.15) is 5.04 Å². The second-order valence-corrected chi connectivity index (χ2v) is 15.5. The number of thiophene rings is 1. The summed E-state index contributed by atoms with van der Waals surface area (Å²) in [7, 11) is -4.57. The van der Waals surface area contributed by atoms with Crippen molar-refractivity contribution in [3.05, 3.63) is 142 Å². The summed E-state index contributed by atoms with van der Waals surface area (Å²) in [5, 5.41) is 1.98. The maximum absolute atomic E-state index is 14.1. The maximum Gasteiger partial charge on any atom is 0.416 e. The van der Waals surface area contributed by atoms with Crippen molar-refractivity contribution in [2.45, 2.75) is 21.3 Å². The molecule has 0 fully saturated rings. The molecule has 0 spiro atoms. The fourth-order valence-electron chi connectivity index (χ4n) is 5.79. The number of hydrogen-bond acceptors (Lipinski definition) is 7. The van der Waals surface area contributed by atoms with Crippen LogP contribution >= 0.6 is 34.9 Å². The van der Waals surface area contributed by atoms with Gasteiger partial charge in [-0.25, -0.2) is 9.18 Å². The summed E-state index contributed by atoms with van der Waals surface area (Å²) < 4.78 is 76.5. The van der Waals surface area contributed by atoms with E-state index in [4.69, 9.17) is 9.18 Å². The normalized spacial score (nSPS) is 20.9. The molecule has 3 aliphatic rings. The Hall–Kier alpha value is -3.61. The molecular weight excluding hydrogens is 656 g/mol. The van der Waals surface area contributed by atoms with E-state index in [0.29, 0.717) is 5.57 Å². The van der Waals surface area contributed by atoms with E-state index in [1.807, 2.05) is 91.0 Å². The first-order chi connectivity index (χ1) is 21.6. The van der Waals surface area contributed by atoms with Crippen LogP contribution in [0.4, 0.5) is 13.2 Å². The Morgan fingerprint density at radius 1 is 0.800 bits per heavy atom. The van der Waals surface area contributed by atoms with Crippen LogP contribution in [0, 0.1) is 0 Å². The molecule has 11 heteroatoms. The van der Waals surface area contributed by atoms with E-state index in [0.717, 1.165) is 70.9 Å². The maximum atomic E-state index is 14.1. The molecule has 1 aliphatic carbocycles. The van der Waals surface area contributed by atoms with Gasteiger partial charge in [-0.15, -0.1) is 11.3 Å². The van der Waals surface area contributed by atoms with Crippen molar-refractivity contribution in [1.29, 1.82) is 0 Å². The molecule has 0 amide bonds. The highest BCUT2D eigenvalue weighted by molar-refractivity contribution is 8.17. The topological polar surface area (TPSA) is 55.7 Å². The molecule has 2 atom stereocenters. The second-order valence-electron chi connectivity index (χ2n) is 10.6. The second kappa shape index (κ2) is 10.5. The van der Waals surface area contributed by atoms with E-state index in [1.54, 1.807) is 11.3 Å². The summed E-state index contributed by atoms with van der Waals surface area (Å²) in [4.78, 5) is 4.09. The van der Waals surface area contributed by atoms with Gasteiger partial charge in [-0.3, -0.25) is 0 Å². The first-order valence-electron chi connectivity index (χ1n) is 13.8. The first kappa shape index (κ1) is 28.8. The Bertz CT molecular complexity index is 2300. The Labute approximate surface area is 268 Å². The number of halogens is 3. The van der Waals surface area contributed by atoms with Gasteiger partial charge in [0.25, 0.3) is 10.1 Å². The van der Waals surface area contributed by atoms with Gasteiger partial charge in [0, 0.05) is 31.3 Å². The van der Waals surface area contributed by atoms with Crippen molar-refractivity contribution in [1.82, 2.24) is 0 Å². The highest BCUT2D eigenvalue weighted by Gasteiger charge is 2.57. The van der Waals surface area contributed by atoms with Gasteiger partial charge in [0.2, 0.25) is 0 Å². The van der Waals surface area contributed by atoms with E-state index in [9.17, 15) is 21.6 Å². The lowest BCUT2D eigenvalue weighted by molar-refractivity contribution is -0.137. The van der Waals surface area contributed by atoms with Crippen LogP contribution in [-0.2, 0) is 20.5 Å². The third-order valence-corrected chi connectivity index (χ3v) is 13.4. The van der Waals surface area contributed by atoms with Crippen molar-refractivity contribution in [3.63, 3.8) is 0 Å². The summed E-state index contributed by atoms with van der Waals surface area (Å²) in [6.45, 7) is 0. The van der Waals surface area contributed by atoms with Crippen LogP contribution in [0.3, 0.4) is 0 Å². The average molecular weight is 676 g/mol. The predicted molar refractivity (Wildman–Crippen MR) is 177 cm³/mol. The van der Waals surface area contributed by atoms with E-state index in [2.05, 4.69) is 0 Å². The van der Waals surface area contributed by atoms with Gasteiger partial charge in [-0.05, 0) is 42.0 Å². The average Bonchev–Trinajstić information content (AvgIpc) is 3.76. The van der Waals surface area contributed by atoms with Crippen LogP contribution in [0.2, 0.25) is 0 Å². The molecule has 0 radical (unpaired) electrons. The van der Waals surface area contributed by atoms with Gasteiger partial charge in [0.05, 0.1) is 25.9 Å². The molecule has 1 aromatic heterocycles. The van der Waals surface area contributed by atoms with E-state index < -0.39 is 32.0 Å². The molecule has 4 nitrogen and oxygen atoms in total. The third kappa shape index (κ3) is 4.71. The summed E-state index contributed by atoms with van der Waals surface area (Å²) in [6, 6.07) is 30.7. The molecule has 2 unspecified atom stereocenters. The van der Waals surface area contributed by atoms with Crippen LogP contribution in [0.1, 0.15) is 16.7 Å². The van der Waals surface area contributed by atoms with Gasteiger partial charge < -0.3 is 0 Å². The monoisotopic (exact) mass is 675 g/mol. The number of alkyl halides is 3. The number of aliphatic imine (C=N–C) groups is 1. The molecule has 2 aliphatic heterocycles. The Morgan fingerprint density at radius 2 is 1.44 bits per heavy atom. The lowest BCUT2D eigenvalue weighted by Crippen LogP contribution is -2.49. The Balaban J connectivity index is 1.38. The van der Waals surface area contributed by atoms with Crippen LogP contribution in [-0.4, -0.2) is 23.6 Å². The zero-order chi connectivity index (χ0) is 31.0. The number of benzene rings is 4. The highest BCUT2D eigenvalue weighted by Crippen LogP contribution is 2.61. The Kier molecular flexibility index (Phi) is 6.70. The molecule has 0 bridgehead atoms. The first-order valence-corrected chi connectivity index (χ1v) is 17.7. The van der Waals surface area contributed by atoms with E-state index in [1.165, 1.54) is 23.5 Å². The van der Waals surface area contributed by atoms with Crippen LogP contribution in [0.5, 0.6) is 0 Å². The molecule has 5 aromatic rings. The molecule has 4 aromatic carbocycles. The van der Waals surface area contributed by atoms with E-state index in [-0.39, 0.29) is 4.90 Å². The number of thioether (sulfide) groups is 2. The molecular formula is C34H20F3NO3S4. The minimum absolute atomic E-state index is 0.354. The summed E-state index contributed by atoms with van der Waals surface area (Å²) in [6.07, 6.45) is -2.61. The van der Waals surface area contributed by atoms with Crippen LogP contribution < -0.4 is 9.75 Å². The molecule has 8 rings (SSSR count). The molecule has 45 heavy (non-hydrogen) atoms. The minimum Gasteiger partial charge on any atom is -0.243 e. The van der Waals surface area contributed by atoms with Crippen molar-refractivity contribution >= 4 is 76.3 Å². The van der Waals surface area contributed by atoms with Crippen molar-refractivity contribution in [2.24, 2.45) is 4.99 Å². The lowest BCUT2D eigenvalue weighted by atomic mass is 9.95. The predicted octanol–water partition coefficient (Wildman–Crippen LogP) is 7.64. The zero-order valence-electron chi connectivity index (χ0n) is 23.0. The number of nitrogens with zero attached hydrogens (tertiary/aromatic N) is 1. The van der Waals surface area contributed by atoms with Gasteiger partial charge >= 0.3 is 6.18 Å². The number of hydrogen-bond donors (Lipinski definition) is 0. The SMILES string of the molecule is O=S(=O)(OC12SC(c3ccccc3)=CC1=c1c(sc3ccccc13)=C1N=C(c3ccccc3)SC12)c1ccc(C(F)(F)F)cc1. The van der Waals surface area contributed by atoms with Gasteiger partial charge in [-0.1, -0.05) is 102 Å². The lowest BCUT2D eigenvalue weighted by Gasteiger charge is -2.36. The quantitative estimate of drug-likeness (QED) is 0.179. The molecule has 224 valence electrons. The minimum atomic E-state index is -4.60. The van der Waals surface area contributed by atoms with Gasteiger partial charge in [0.15, 0.2) is 4.93 Å². The van der Waals surface area contributed by atoms with Crippen LogP contribution in [0.25, 0.3) is 26.3 Å². The summed E-state index contributed by atoms with van der Waals surface area (Å²) in [5.74, 6) is 0. The molecule has 0 saturated heterocycles. The largest absolute Gasteiger partial charge is 0.416 e. The molecule has 0 saturated carbocycles. The third-order valence-electron chi connectivity index (χ3n) is 7.84. The smallest absolute Gasteiger partial charge is 0.243 e. The van der Waals surface area contributed by atoms with E-state index >= 15 is 0 Å². The number of fused-ring (bicyclic) bond motifs is 6. The molecule has 0 N–H and O–H groups in total. The fourth-order valence-corrected chi connectivity index (χ4v) is 11.4. The summed E-state index contributed by atoms with van der Waals surface area (Å²) in [5.41, 5.74) is 2.27. The summed E-state index contributed by atoms with van der Waals surface area (Å²) >= 11 is 4.36. The fraction of sp³-hybridized carbons (Fsp3) is 0.0882. The Morgan fingerprint density at radius 3 is 2.13 bits per heavy atom. The van der Waals surface area contributed by atoms with Crippen molar-refractivity contribution in [2.75, 3.05) is 0 Å². The van der Waals surface area contributed by atoms with Crippen molar-refractivity contribution < 1.29 is 25.8 Å². The number of rotatable bonds is 5. The molecule has 3 heterocycles. The zero-order valence-corrected chi connectivity index (χ0v) is 26.3. The highest BCUT2D eigenvalue weighted by atomic mass is 32.2. The van der Waals surface area contributed by atoms with Gasteiger partial charge in [-0.2, -0.15) is 21.6 Å². The standard InChI is InChI=1S/C34H20F3NO3S4/c35-34(36,37)22-15-17-23(18-16-22)45(39,40)41-33-25(19-27(44-33)20-9-3-1-4-10-20)28-24-13-7-8-14-26(24)42-30(28)29-31(33)43-32(38-29)21-11-5-2-6-12-21/h1-19,31H.